The van der Waals surface area contributed by atoms with Gasteiger partial charge in [-0.25, -0.2) is 0 Å². The molecule has 0 fully saturated rings. The number of aromatic hydroxyl groups is 1. The lowest BCUT2D eigenvalue weighted by atomic mass is 9.95. The third-order valence-corrected chi connectivity index (χ3v) is 3.66. The average Bonchev–Trinajstić information content (AvgIpc) is 2.41. The van der Waals surface area contributed by atoms with E-state index >= 15 is 0 Å². The Morgan fingerprint density at radius 3 is 2.21 bits per heavy atom. The number of aryl methyl sites for hydroxylation is 1. The van der Waals surface area contributed by atoms with Crippen molar-refractivity contribution in [3.63, 3.8) is 0 Å². The van der Waals surface area contributed by atoms with Gasteiger partial charge in [0, 0.05) is 10.6 Å². The summed E-state index contributed by atoms with van der Waals surface area (Å²) >= 11 is 6.42. The fourth-order valence-corrected chi connectivity index (χ4v) is 2.81. The molecule has 19 heavy (non-hydrogen) atoms. The Balaban J connectivity index is 2.37. The van der Waals surface area contributed by atoms with Crippen LogP contribution >= 0.6 is 11.6 Å². The van der Waals surface area contributed by atoms with Crippen molar-refractivity contribution >= 4 is 22.4 Å². The second-order valence-electron chi connectivity index (χ2n) is 4.64. The van der Waals surface area contributed by atoms with Gasteiger partial charge in [0.25, 0.3) is 0 Å². The van der Waals surface area contributed by atoms with E-state index in [4.69, 9.17) is 11.6 Å². The predicted octanol–water partition coefficient (Wildman–Crippen LogP) is 5.17. The first-order valence-corrected chi connectivity index (χ1v) is 6.52. The van der Waals surface area contributed by atoms with Crippen LogP contribution in [0.3, 0.4) is 0 Å². The maximum absolute atomic E-state index is 9.40. The zero-order valence-electron chi connectivity index (χ0n) is 10.5. The number of phenols is 1. The number of halogens is 1. The summed E-state index contributed by atoms with van der Waals surface area (Å²) < 4.78 is 0. The predicted molar refractivity (Wildman–Crippen MR) is 80.8 cm³/mol. The molecule has 0 aliphatic carbocycles. The van der Waals surface area contributed by atoms with E-state index in [1.54, 1.807) is 12.1 Å². The molecule has 3 aromatic carbocycles. The van der Waals surface area contributed by atoms with Gasteiger partial charge in [-0.1, -0.05) is 48.0 Å². The molecule has 1 nitrogen and oxygen atoms in total. The summed E-state index contributed by atoms with van der Waals surface area (Å²) in [5.74, 6) is 0.260. The molecular weight excluding hydrogens is 256 g/mol. The first-order valence-electron chi connectivity index (χ1n) is 6.14. The largest absolute Gasteiger partial charge is 0.508 e. The van der Waals surface area contributed by atoms with Crippen molar-refractivity contribution in [2.24, 2.45) is 0 Å². The number of fused-ring (bicyclic) bond motifs is 1. The summed E-state index contributed by atoms with van der Waals surface area (Å²) in [5, 5.41) is 12.5. The van der Waals surface area contributed by atoms with E-state index in [1.165, 1.54) is 10.9 Å². The van der Waals surface area contributed by atoms with E-state index in [2.05, 4.69) is 19.1 Å². The molecule has 94 valence electrons. The second kappa shape index (κ2) is 4.60. The molecule has 0 radical (unpaired) electrons. The molecule has 0 amide bonds. The van der Waals surface area contributed by atoms with Crippen molar-refractivity contribution in [3.8, 4) is 16.9 Å². The van der Waals surface area contributed by atoms with E-state index in [0.717, 1.165) is 21.5 Å². The molecule has 3 aromatic rings. The van der Waals surface area contributed by atoms with Crippen molar-refractivity contribution < 1.29 is 5.11 Å². The second-order valence-corrected chi connectivity index (χ2v) is 5.05. The number of rotatable bonds is 1. The minimum atomic E-state index is 0.260. The molecule has 0 spiro atoms. The Hall–Kier alpha value is -1.99. The number of hydrogen-bond donors (Lipinski definition) is 1. The van der Waals surface area contributed by atoms with Gasteiger partial charge in [-0.05, 0) is 47.0 Å². The van der Waals surface area contributed by atoms with Gasteiger partial charge in [0.05, 0.1) is 0 Å². The highest BCUT2D eigenvalue weighted by Gasteiger charge is 2.10. The van der Waals surface area contributed by atoms with Gasteiger partial charge in [0.2, 0.25) is 0 Å². The molecule has 3 rings (SSSR count). The first-order chi connectivity index (χ1) is 9.16. The lowest BCUT2D eigenvalue weighted by Gasteiger charge is -2.12. The van der Waals surface area contributed by atoms with Crippen LogP contribution in [0.2, 0.25) is 5.02 Å². The van der Waals surface area contributed by atoms with E-state index in [9.17, 15) is 5.11 Å². The van der Waals surface area contributed by atoms with Gasteiger partial charge in [-0.15, -0.1) is 0 Å². The molecule has 0 unspecified atom stereocenters. The highest BCUT2D eigenvalue weighted by molar-refractivity contribution is 6.35. The van der Waals surface area contributed by atoms with Crippen LogP contribution in [-0.4, -0.2) is 5.11 Å². The summed E-state index contributed by atoms with van der Waals surface area (Å²) in [6, 6.07) is 17.4. The molecule has 0 aromatic heterocycles. The topological polar surface area (TPSA) is 20.2 Å². The van der Waals surface area contributed by atoms with Crippen LogP contribution in [0, 0.1) is 6.92 Å². The molecule has 0 heterocycles. The monoisotopic (exact) mass is 268 g/mol. The fourth-order valence-electron chi connectivity index (χ4n) is 2.44. The van der Waals surface area contributed by atoms with Crippen LogP contribution in [0.15, 0.2) is 54.6 Å². The summed E-state index contributed by atoms with van der Waals surface area (Å²) in [5.41, 5.74) is 3.20. The van der Waals surface area contributed by atoms with Crippen LogP contribution in [0.5, 0.6) is 5.75 Å². The highest BCUT2D eigenvalue weighted by Crippen LogP contribution is 2.37. The number of benzene rings is 3. The molecule has 2 heteroatoms. The van der Waals surface area contributed by atoms with E-state index in [-0.39, 0.29) is 5.75 Å². The van der Waals surface area contributed by atoms with Crippen LogP contribution in [0.1, 0.15) is 5.56 Å². The standard InChI is InChI=1S/C17H13ClO/c1-11-10-16(18)17(12-6-8-13(19)9-7-12)15-5-3-2-4-14(11)15/h2-10,19H,1H3. The normalized spacial score (nSPS) is 10.8. The van der Waals surface area contributed by atoms with Crippen molar-refractivity contribution in [1.82, 2.24) is 0 Å². The summed E-state index contributed by atoms with van der Waals surface area (Å²) in [7, 11) is 0. The Morgan fingerprint density at radius 1 is 0.895 bits per heavy atom. The number of phenolic OH excluding ortho intramolecular Hbond substituents is 1. The van der Waals surface area contributed by atoms with E-state index < -0.39 is 0 Å². The molecule has 0 aliphatic rings. The summed E-state index contributed by atoms with van der Waals surface area (Å²) in [4.78, 5) is 0. The highest BCUT2D eigenvalue weighted by atomic mass is 35.5. The Labute approximate surface area is 117 Å². The van der Waals surface area contributed by atoms with Gasteiger partial charge in [-0.2, -0.15) is 0 Å². The van der Waals surface area contributed by atoms with E-state index in [1.807, 2.05) is 30.3 Å². The molecule has 0 saturated carbocycles. The molecule has 0 atom stereocenters. The zero-order valence-corrected chi connectivity index (χ0v) is 11.3. The third-order valence-electron chi connectivity index (χ3n) is 3.36. The Bertz CT molecular complexity index is 745. The molecule has 0 saturated heterocycles. The van der Waals surface area contributed by atoms with Crippen molar-refractivity contribution in [1.29, 1.82) is 0 Å². The average molecular weight is 269 g/mol. The minimum Gasteiger partial charge on any atom is -0.508 e. The smallest absolute Gasteiger partial charge is 0.115 e. The van der Waals surface area contributed by atoms with Gasteiger partial charge < -0.3 is 5.11 Å². The van der Waals surface area contributed by atoms with Crippen molar-refractivity contribution in [3.05, 3.63) is 65.2 Å². The first kappa shape index (κ1) is 12.1. The van der Waals surface area contributed by atoms with Gasteiger partial charge >= 0.3 is 0 Å². The van der Waals surface area contributed by atoms with Gasteiger partial charge in [-0.3, -0.25) is 0 Å². The van der Waals surface area contributed by atoms with Crippen molar-refractivity contribution in [2.45, 2.75) is 6.92 Å². The lowest BCUT2D eigenvalue weighted by molar-refractivity contribution is 0.475. The van der Waals surface area contributed by atoms with Crippen LogP contribution < -0.4 is 0 Å². The molecule has 0 aliphatic heterocycles. The maximum Gasteiger partial charge on any atom is 0.115 e. The van der Waals surface area contributed by atoms with Gasteiger partial charge in [0.15, 0.2) is 0 Å². The molecular formula is C17H13ClO. The summed E-state index contributed by atoms with van der Waals surface area (Å²) in [6.45, 7) is 2.06. The minimum absolute atomic E-state index is 0.260. The fraction of sp³-hybridized carbons (Fsp3) is 0.0588. The summed E-state index contributed by atoms with van der Waals surface area (Å²) in [6.07, 6.45) is 0. The van der Waals surface area contributed by atoms with Crippen LogP contribution in [0.4, 0.5) is 0 Å². The van der Waals surface area contributed by atoms with Crippen LogP contribution in [0.25, 0.3) is 21.9 Å². The molecule has 0 bridgehead atoms. The zero-order chi connectivity index (χ0) is 13.4. The molecule has 1 N–H and O–H groups in total. The third kappa shape index (κ3) is 2.06. The van der Waals surface area contributed by atoms with Gasteiger partial charge in [0.1, 0.15) is 5.75 Å². The maximum atomic E-state index is 9.40. The SMILES string of the molecule is Cc1cc(Cl)c(-c2ccc(O)cc2)c2ccccc12. The van der Waals surface area contributed by atoms with Crippen molar-refractivity contribution in [2.75, 3.05) is 0 Å². The quantitative estimate of drug-likeness (QED) is 0.645. The Morgan fingerprint density at radius 2 is 1.53 bits per heavy atom. The lowest BCUT2D eigenvalue weighted by Crippen LogP contribution is -1.86. The Kier molecular flexibility index (Phi) is 2.92. The van der Waals surface area contributed by atoms with E-state index in [0.29, 0.717) is 0 Å². The number of hydrogen-bond acceptors (Lipinski definition) is 1. The van der Waals surface area contributed by atoms with Crippen LogP contribution in [-0.2, 0) is 0 Å².